The molecular formula is C12H17BrN2O2. The van der Waals surface area contributed by atoms with Crippen LogP contribution in [0.3, 0.4) is 0 Å². The lowest BCUT2D eigenvalue weighted by molar-refractivity contribution is -0.117. The number of nitrogens with one attached hydrogen (secondary N) is 1. The van der Waals surface area contributed by atoms with Gasteiger partial charge in [0, 0.05) is 6.20 Å². The molecule has 1 aromatic heterocycles. The van der Waals surface area contributed by atoms with Crippen LogP contribution in [-0.2, 0) is 4.79 Å². The van der Waals surface area contributed by atoms with Crippen molar-refractivity contribution < 1.29 is 9.53 Å². The third-order valence-corrected chi connectivity index (χ3v) is 2.27. The number of hydrogen-bond acceptors (Lipinski definition) is 3. The Morgan fingerprint density at radius 2 is 2.18 bits per heavy atom. The van der Waals surface area contributed by atoms with Crippen molar-refractivity contribution in [2.75, 3.05) is 5.32 Å². The summed E-state index contributed by atoms with van der Waals surface area (Å²) in [5, 5.41) is 2.78. The van der Waals surface area contributed by atoms with Gasteiger partial charge in [0.1, 0.15) is 5.69 Å². The Kier molecular flexibility index (Phi) is 4.51. The smallest absolute Gasteiger partial charge is 0.240 e. The average Bonchev–Trinajstić information content (AvgIpc) is 2.18. The van der Waals surface area contributed by atoms with Gasteiger partial charge < -0.3 is 10.1 Å². The summed E-state index contributed by atoms with van der Waals surface area (Å²) in [7, 11) is 0. The highest BCUT2D eigenvalue weighted by molar-refractivity contribution is 9.10. The topological polar surface area (TPSA) is 51.2 Å². The number of pyridine rings is 1. The van der Waals surface area contributed by atoms with Crippen LogP contribution in [0.1, 0.15) is 27.7 Å². The minimum absolute atomic E-state index is 0.0116. The molecule has 0 bridgehead atoms. The summed E-state index contributed by atoms with van der Waals surface area (Å²) >= 11 is 3.30. The molecule has 1 N–H and O–H groups in total. The standard InChI is InChI=1S/C12H17BrN2O2/c1-8(2)17-10-9(6-5-7-14-10)15-11(16)12(3,4)13/h5-8H,1-4H3,(H,15,16). The molecule has 1 rings (SSSR count). The van der Waals surface area contributed by atoms with Crippen LogP contribution in [0.4, 0.5) is 5.69 Å². The number of carbonyl (C=O) groups is 1. The molecule has 0 saturated carbocycles. The van der Waals surface area contributed by atoms with Crippen LogP contribution in [0.2, 0.25) is 0 Å². The number of ether oxygens (including phenoxy) is 1. The second-order valence-electron chi connectivity index (χ2n) is 4.45. The molecule has 1 aromatic rings. The second-order valence-corrected chi connectivity index (χ2v) is 6.43. The number of hydrogen-bond donors (Lipinski definition) is 1. The molecular weight excluding hydrogens is 284 g/mol. The normalized spacial score (nSPS) is 11.4. The lowest BCUT2D eigenvalue weighted by atomic mass is 10.2. The van der Waals surface area contributed by atoms with Crippen molar-refractivity contribution in [1.82, 2.24) is 4.98 Å². The molecule has 0 spiro atoms. The van der Waals surface area contributed by atoms with Crippen LogP contribution >= 0.6 is 15.9 Å². The van der Waals surface area contributed by atoms with E-state index in [1.54, 1.807) is 32.2 Å². The van der Waals surface area contributed by atoms with Gasteiger partial charge in [-0.15, -0.1) is 0 Å². The summed E-state index contributed by atoms with van der Waals surface area (Å²) in [5.41, 5.74) is 0.582. The fraction of sp³-hybridized carbons (Fsp3) is 0.500. The zero-order valence-electron chi connectivity index (χ0n) is 10.5. The summed E-state index contributed by atoms with van der Waals surface area (Å²) < 4.78 is 4.89. The summed E-state index contributed by atoms with van der Waals surface area (Å²) in [4.78, 5) is 15.9. The number of anilines is 1. The Morgan fingerprint density at radius 1 is 1.53 bits per heavy atom. The molecule has 0 aliphatic heterocycles. The first-order chi connectivity index (χ1) is 7.80. The molecule has 0 fully saturated rings. The summed E-state index contributed by atoms with van der Waals surface area (Å²) in [5.74, 6) is 0.298. The van der Waals surface area contributed by atoms with Crippen molar-refractivity contribution in [1.29, 1.82) is 0 Å². The predicted molar refractivity (Wildman–Crippen MR) is 71.6 cm³/mol. The maximum atomic E-state index is 11.8. The zero-order chi connectivity index (χ0) is 13.1. The van der Waals surface area contributed by atoms with Crippen molar-refractivity contribution in [3.05, 3.63) is 18.3 Å². The lowest BCUT2D eigenvalue weighted by Crippen LogP contribution is -2.31. The molecule has 0 aliphatic rings. The highest BCUT2D eigenvalue weighted by Crippen LogP contribution is 2.25. The van der Waals surface area contributed by atoms with Gasteiger partial charge in [0.05, 0.1) is 10.4 Å². The quantitative estimate of drug-likeness (QED) is 0.870. The molecule has 1 heterocycles. The molecule has 0 aromatic carbocycles. The summed E-state index contributed by atoms with van der Waals surface area (Å²) in [6.45, 7) is 7.38. The van der Waals surface area contributed by atoms with E-state index in [-0.39, 0.29) is 12.0 Å². The Labute approximate surface area is 110 Å². The summed E-state index contributed by atoms with van der Waals surface area (Å²) in [6.07, 6.45) is 1.64. The van der Waals surface area contributed by atoms with Gasteiger partial charge in [-0.3, -0.25) is 4.79 Å². The Morgan fingerprint density at radius 3 is 2.71 bits per heavy atom. The number of carbonyl (C=O) groups excluding carboxylic acids is 1. The van der Waals surface area contributed by atoms with Gasteiger partial charge in [-0.2, -0.15) is 0 Å². The number of aromatic nitrogens is 1. The van der Waals surface area contributed by atoms with Gasteiger partial charge in [-0.05, 0) is 39.8 Å². The number of nitrogens with zero attached hydrogens (tertiary/aromatic N) is 1. The monoisotopic (exact) mass is 300 g/mol. The third-order valence-electron chi connectivity index (χ3n) is 1.91. The van der Waals surface area contributed by atoms with Crippen LogP contribution in [0, 0.1) is 0 Å². The Bertz CT molecular complexity index is 400. The fourth-order valence-corrected chi connectivity index (χ4v) is 1.17. The van der Waals surface area contributed by atoms with Crippen molar-refractivity contribution >= 4 is 27.5 Å². The summed E-state index contributed by atoms with van der Waals surface area (Å²) in [6, 6.07) is 3.52. The number of halogens is 1. The number of rotatable bonds is 4. The van der Waals surface area contributed by atoms with E-state index in [1.807, 2.05) is 13.8 Å². The van der Waals surface area contributed by atoms with E-state index in [0.717, 1.165) is 0 Å². The largest absolute Gasteiger partial charge is 0.473 e. The maximum Gasteiger partial charge on any atom is 0.240 e. The first-order valence-corrected chi connectivity index (χ1v) is 6.22. The molecule has 5 heteroatoms. The van der Waals surface area contributed by atoms with Crippen molar-refractivity contribution in [2.45, 2.75) is 38.1 Å². The van der Waals surface area contributed by atoms with E-state index in [4.69, 9.17) is 4.74 Å². The Balaban J connectivity index is 2.87. The zero-order valence-corrected chi connectivity index (χ0v) is 12.0. The van der Waals surface area contributed by atoms with Crippen LogP contribution in [0.5, 0.6) is 5.88 Å². The second kappa shape index (κ2) is 5.49. The predicted octanol–water partition coefficient (Wildman–Crippen LogP) is 2.98. The van der Waals surface area contributed by atoms with Crippen LogP contribution in [0.15, 0.2) is 18.3 Å². The molecule has 1 amide bonds. The van der Waals surface area contributed by atoms with Gasteiger partial charge in [0.2, 0.25) is 11.8 Å². The van der Waals surface area contributed by atoms with E-state index >= 15 is 0 Å². The van der Waals surface area contributed by atoms with E-state index in [9.17, 15) is 4.79 Å². The fourth-order valence-electron chi connectivity index (χ4n) is 1.07. The highest BCUT2D eigenvalue weighted by atomic mass is 79.9. The molecule has 0 radical (unpaired) electrons. The Hall–Kier alpha value is -1.10. The van der Waals surface area contributed by atoms with Crippen LogP contribution in [0.25, 0.3) is 0 Å². The van der Waals surface area contributed by atoms with Gasteiger partial charge in [0.15, 0.2) is 0 Å². The SMILES string of the molecule is CC(C)Oc1ncccc1NC(=O)C(C)(C)Br. The molecule has 0 atom stereocenters. The van der Waals surface area contributed by atoms with Gasteiger partial charge in [0.25, 0.3) is 0 Å². The van der Waals surface area contributed by atoms with E-state index in [2.05, 4.69) is 26.2 Å². The van der Waals surface area contributed by atoms with E-state index < -0.39 is 4.32 Å². The molecule has 17 heavy (non-hydrogen) atoms. The molecule has 4 nitrogen and oxygen atoms in total. The van der Waals surface area contributed by atoms with Crippen molar-refractivity contribution in [3.63, 3.8) is 0 Å². The molecule has 0 unspecified atom stereocenters. The van der Waals surface area contributed by atoms with Crippen molar-refractivity contribution in [2.24, 2.45) is 0 Å². The molecule has 0 saturated heterocycles. The van der Waals surface area contributed by atoms with Crippen molar-refractivity contribution in [3.8, 4) is 5.88 Å². The van der Waals surface area contributed by atoms with Gasteiger partial charge in [-0.1, -0.05) is 15.9 Å². The van der Waals surface area contributed by atoms with Crippen LogP contribution in [-0.4, -0.2) is 21.3 Å². The lowest BCUT2D eigenvalue weighted by Gasteiger charge is -2.18. The third kappa shape index (κ3) is 4.34. The highest BCUT2D eigenvalue weighted by Gasteiger charge is 2.24. The minimum Gasteiger partial charge on any atom is -0.473 e. The average molecular weight is 301 g/mol. The molecule has 0 aliphatic carbocycles. The van der Waals surface area contributed by atoms with Gasteiger partial charge >= 0.3 is 0 Å². The van der Waals surface area contributed by atoms with E-state index in [0.29, 0.717) is 11.6 Å². The molecule has 94 valence electrons. The first-order valence-electron chi connectivity index (χ1n) is 5.42. The van der Waals surface area contributed by atoms with E-state index in [1.165, 1.54) is 0 Å². The number of amides is 1. The maximum absolute atomic E-state index is 11.8. The first kappa shape index (κ1) is 14.0. The number of alkyl halides is 1. The van der Waals surface area contributed by atoms with Gasteiger partial charge in [-0.25, -0.2) is 4.98 Å². The minimum atomic E-state index is -0.627. The van der Waals surface area contributed by atoms with Crippen LogP contribution < -0.4 is 10.1 Å².